The minimum atomic E-state index is -0.272. The van der Waals surface area contributed by atoms with Crippen molar-refractivity contribution in [3.05, 3.63) is 86.8 Å². The minimum Gasteiger partial charge on any atom is -0.368 e. The number of anilines is 1. The van der Waals surface area contributed by atoms with Crippen molar-refractivity contribution in [2.75, 3.05) is 31.1 Å². The van der Waals surface area contributed by atoms with Gasteiger partial charge in [-0.15, -0.1) is 0 Å². The molecule has 1 N–H and O–H groups in total. The second-order valence-electron chi connectivity index (χ2n) is 7.16. The highest BCUT2D eigenvalue weighted by molar-refractivity contribution is 6.31. The molecule has 7 heteroatoms. The number of piperazine rings is 1. The van der Waals surface area contributed by atoms with Crippen LogP contribution in [0.3, 0.4) is 0 Å². The number of nitrogens with zero attached hydrogens (tertiary/aromatic N) is 4. The van der Waals surface area contributed by atoms with Gasteiger partial charge in [-0.1, -0.05) is 54.1 Å². The van der Waals surface area contributed by atoms with E-state index in [4.69, 9.17) is 11.6 Å². The second kappa shape index (κ2) is 8.16. The van der Waals surface area contributed by atoms with Crippen molar-refractivity contribution in [2.45, 2.75) is 6.04 Å². The lowest BCUT2D eigenvalue weighted by atomic mass is 10.0. The number of aromatic amines is 1. The summed E-state index contributed by atoms with van der Waals surface area (Å²) in [6, 6.07) is 20.0. The van der Waals surface area contributed by atoms with Gasteiger partial charge in [-0.05, 0) is 17.7 Å². The first kappa shape index (κ1) is 19.3. The van der Waals surface area contributed by atoms with Crippen molar-refractivity contribution in [2.24, 2.45) is 7.05 Å². The fourth-order valence-electron chi connectivity index (χ4n) is 4.07. The Labute approximate surface area is 174 Å². The number of halogens is 1. The normalized spacial score (nSPS) is 15.8. The average Bonchev–Trinajstić information content (AvgIpc) is 3.01. The number of hydrogen-bond acceptors (Lipinski definition) is 4. The van der Waals surface area contributed by atoms with Gasteiger partial charge in [0.15, 0.2) is 0 Å². The molecule has 0 saturated carbocycles. The number of nitrogens with one attached hydrogen (secondary N) is 1. The number of aryl methyl sites for hydroxylation is 1. The van der Waals surface area contributed by atoms with Gasteiger partial charge in [0, 0.05) is 33.2 Å². The molecule has 2 aromatic carbocycles. The third-order valence-corrected chi connectivity index (χ3v) is 5.84. The molecule has 3 aromatic rings. The van der Waals surface area contributed by atoms with Gasteiger partial charge in [0.1, 0.15) is 11.1 Å². The third-order valence-electron chi connectivity index (χ3n) is 5.47. The molecule has 1 aliphatic rings. The van der Waals surface area contributed by atoms with Crippen LogP contribution in [0, 0.1) is 11.3 Å². The van der Waals surface area contributed by atoms with E-state index in [2.05, 4.69) is 33.1 Å². The predicted octanol–water partition coefficient (Wildman–Crippen LogP) is 3.15. The Morgan fingerprint density at radius 1 is 1.03 bits per heavy atom. The first-order valence-electron chi connectivity index (χ1n) is 9.57. The maximum absolute atomic E-state index is 12.1. The van der Waals surface area contributed by atoms with Crippen LogP contribution < -0.4 is 10.5 Å². The van der Waals surface area contributed by atoms with Gasteiger partial charge < -0.3 is 4.90 Å². The number of benzene rings is 2. The van der Waals surface area contributed by atoms with Crippen molar-refractivity contribution >= 4 is 17.3 Å². The van der Waals surface area contributed by atoms with E-state index >= 15 is 0 Å². The van der Waals surface area contributed by atoms with E-state index in [0.717, 1.165) is 43.1 Å². The Morgan fingerprint density at radius 2 is 1.69 bits per heavy atom. The molecule has 4 rings (SSSR count). The zero-order valence-electron chi connectivity index (χ0n) is 16.2. The van der Waals surface area contributed by atoms with Crippen LogP contribution in [0.25, 0.3) is 0 Å². The molecule has 0 aliphatic carbocycles. The lowest BCUT2D eigenvalue weighted by Crippen LogP contribution is -2.48. The van der Waals surface area contributed by atoms with Gasteiger partial charge in [-0.25, -0.2) is 0 Å². The number of nitriles is 1. The van der Waals surface area contributed by atoms with Crippen molar-refractivity contribution < 1.29 is 0 Å². The van der Waals surface area contributed by atoms with Crippen LogP contribution in [0.4, 0.5) is 5.69 Å². The van der Waals surface area contributed by atoms with Crippen LogP contribution in [-0.2, 0) is 7.05 Å². The standard InChI is InChI=1S/C22H22ClN5O/c1-26-21(19(23)22(29)25-26)20(16-7-3-2-4-8-16)28-13-11-27(12-14-28)18-10-6-5-9-17(18)15-24/h2-10,20H,11-14H2,1H3,(H,25,29). The summed E-state index contributed by atoms with van der Waals surface area (Å²) >= 11 is 6.40. The van der Waals surface area contributed by atoms with E-state index < -0.39 is 0 Å². The molecule has 1 atom stereocenters. The van der Waals surface area contributed by atoms with Gasteiger partial charge in [0.2, 0.25) is 0 Å². The van der Waals surface area contributed by atoms with E-state index in [1.54, 1.807) is 4.68 Å². The van der Waals surface area contributed by atoms with Crippen molar-refractivity contribution in [1.29, 1.82) is 5.26 Å². The fraction of sp³-hybridized carbons (Fsp3) is 0.273. The summed E-state index contributed by atoms with van der Waals surface area (Å²) < 4.78 is 1.72. The van der Waals surface area contributed by atoms with Crippen molar-refractivity contribution in [3.8, 4) is 6.07 Å². The maximum Gasteiger partial charge on any atom is 0.283 e. The lowest BCUT2D eigenvalue weighted by molar-refractivity contribution is 0.205. The van der Waals surface area contributed by atoms with Gasteiger partial charge in [-0.3, -0.25) is 19.5 Å². The number of aromatic nitrogens is 2. The van der Waals surface area contributed by atoms with E-state index in [1.807, 2.05) is 49.5 Å². The Hall–Kier alpha value is -3.01. The lowest BCUT2D eigenvalue weighted by Gasteiger charge is -2.40. The van der Waals surface area contributed by atoms with Crippen LogP contribution in [-0.4, -0.2) is 40.9 Å². The molecule has 1 fully saturated rings. The van der Waals surface area contributed by atoms with Gasteiger partial charge in [0.25, 0.3) is 5.56 Å². The SMILES string of the molecule is Cn1[nH]c(=O)c(Cl)c1C(c1ccccc1)N1CCN(c2ccccc2C#N)CC1. The molecule has 0 bridgehead atoms. The van der Waals surface area contributed by atoms with Crippen LogP contribution in [0.15, 0.2) is 59.4 Å². The highest BCUT2D eigenvalue weighted by Crippen LogP contribution is 2.33. The molecule has 2 heterocycles. The van der Waals surface area contributed by atoms with Gasteiger partial charge in [-0.2, -0.15) is 5.26 Å². The smallest absolute Gasteiger partial charge is 0.283 e. The molecule has 6 nitrogen and oxygen atoms in total. The van der Waals surface area contributed by atoms with E-state index in [9.17, 15) is 10.1 Å². The van der Waals surface area contributed by atoms with E-state index in [1.165, 1.54) is 0 Å². The molecule has 1 aliphatic heterocycles. The summed E-state index contributed by atoms with van der Waals surface area (Å²) in [7, 11) is 1.82. The fourth-order valence-corrected chi connectivity index (χ4v) is 4.34. The molecular weight excluding hydrogens is 386 g/mol. The van der Waals surface area contributed by atoms with E-state index in [0.29, 0.717) is 5.56 Å². The minimum absolute atomic E-state index is 0.124. The zero-order chi connectivity index (χ0) is 20.4. The van der Waals surface area contributed by atoms with Crippen LogP contribution >= 0.6 is 11.6 Å². The topological polar surface area (TPSA) is 68.1 Å². The van der Waals surface area contributed by atoms with Crippen molar-refractivity contribution in [3.63, 3.8) is 0 Å². The Kier molecular flexibility index (Phi) is 5.43. The first-order chi connectivity index (χ1) is 14.1. The zero-order valence-corrected chi connectivity index (χ0v) is 16.9. The predicted molar refractivity (Wildman–Crippen MR) is 114 cm³/mol. The number of para-hydroxylation sites is 1. The Morgan fingerprint density at radius 3 is 2.31 bits per heavy atom. The molecule has 0 amide bonds. The summed E-state index contributed by atoms with van der Waals surface area (Å²) in [5.74, 6) is 0. The van der Waals surface area contributed by atoms with E-state index in [-0.39, 0.29) is 16.6 Å². The first-order valence-corrected chi connectivity index (χ1v) is 9.95. The van der Waals surface area contributed by atoms with Crippen LogP contribution in [0.1, 0.15) is 22.9 Å². The summed E-state index contributed by atoms with van der Waals surface area (Å²) in [6.45, 7) is 3.15. The highest BCUT2D eigenvalue weighted by Gasteiger charge is 2.31. The molecule has 1 saturated heterocycles. The maximum atomic E-state index is 12.1. The average molecular weight is 408 g/mol. The second-order valence-corrected chi connectivity index (χ2v) is 7.54. The molecule has 29 heavy (non-hydrogen) atoms. The van der Waals surface area contributed by atoms with Gasteiger partial charge in [0.05, 0.1) is 23.0 Å². The molecular formula is C22H22ClN5O. The largest absolute Gasteiger partial charge is 0.368 e. The monoisotopic (exact) mass is 407 g/mol. The molecule has 0 spiro atoms. The summed E-state index contributed by atoms with van der Waals surface area (Å²) in [5, 5.41) is 12.4. The Bertz CT molecular complexity index is 1090. The quantitative estimate of drug-likeness (QED) is 0.721. The number of rotatable bonds is 4. The number of H-pyrrole nitrogens is 1. The Balaban J connectivity index is 1.64. The molecule has 1 unspecified atom stereocenters. The van der Waals surface area contributed by atoms with Crippen LogP contribution in [0.5, 0.6) is 0 Å². The molecule has 1 aromatic heterocycles. The van der Waals surface area contributed by atoms with Crippen molar-refractivity contribution in [1.82, 2.24) is 14.7 Å². The third kappa shape index (κ3) is 3.67. The van der Waals surface area contributed by atoms with Gasteiger partial charge >= 0.3 is 0 Å². The summed E-state index contributed by atoms with van der Waals surface area (Å²) in [5.41, 5.74) is 3.25. The molecule has 0 radical (unpaired) electrons. The number of hydrogen-bond donors (Lipinski definition) is 1. The summed E-state index contributed by atoms with van der Waals surface area (Å²) in [6.07, 6.45) is 0. The molecule has 148 valence electrons. The summed E-state index contributed by atoms with van der Waals surface area (Å²) in [4.78, 5) is 16.7. The highest BCUT2D eigenvalue weighted by atomic mass is 35.5. The van der Waals surface area contributed by atoms with Crippen LogP contribution in [0.2, 0.25) is 5.02 Å².